The normalized spacial score (nSPS) is 13.9. The molecule has 0 aliphatic rings. The van der Waals surface area contributed by atoms with Crippen LogP contribution >= 0.6 is 12.0 Å². The van der Waals surface area contributed by atoms with Gasteiger partial charge in [0.25, 0.3) is 9.20 Å². The van der Waals surface area contributed by atoms with Crippen LogP contribution in [-0.4, -0.2) is 15.5 Å². The van der Waals surface area contributed by atoms with Crippen molar-refractivity contribution in [3.8, 4) is 0 Å². The molecule has 0 fully saturated rings. The molecule has 0 aliphatic heterocycles. The summed E-state index contributed by atoms with van der Waals surface area (Å²) in [7, 11) is -1.24. The lowest BCUT2D eigenvalue weighted by molar-refractivity contribution is 0.659. The first-order valence-corrected chi connectivity index (χ1v) is 5.86. The van der Waals surface area contributed by atoms with E-state index in [2.05, 4.69) is 6.92 Å². The molecule has 0 rings (SSSR count). The lowest BCUT2D eigenvalue weighted by Crippen LogP contribution is -2.26. The van der Waals surface area contributed by atoms with Gasteiger partial charge in [0.05, 0.1) is 0 Å². The van der Waals surface area contributed by atoms with Crippen molar-refractivity contribution in [1.82, 2.24) is 0 Å². The second-order valence-electron chi connectivity index (χ2n) is 1.59. The average Bonchev–Trinajstić information content (AvgIpc) is 1.68. The third-order valence-corrected chi connectivity index (χ3v) is 3.70. The molecule has 0 saturated carbocycles. The molecule has 0 heterocycles. The van der Waals surface area contributed by atoms with E-state index >= 15 is 0 Å². The number of nitrogens with two attached hydrogens (primary N) is 1. The van der Waals surface area contributed by atoms with Crippen LogP contribution in [0.2, 0.25) is 6.04 Å². The molecule has 0 bridgehead atoms. The van der Waals surface area contributed by atoms with Crippen molar-refractivity contribution in [2.45, 2.75) is 19.4 Å². The summed E-state index contributed by atoms with van der Waals surface area (Å²) in [6, 6.07) is 1.08. The Hall–Kier alpha value is 0.487. The van der Waals surface area contributed by atoms with Crippen LogP contribution in [0.25, 0.3) is 0 Å². The van der Waals surface area contributed by atoms with Gasteiger partial charge in [-0.15, -0.1) is 0 Å². The summed E-state index contributed by atoms with van der Waals surface area (Å²) < 4.78 is 5.12. The summed E-state index contributed by atoms with van der Waals surface area (Å²) in [5, 5.41) is 5.59. The molecule has 0 aromatic carbocycles. The van der Waals surface area contributed by atoms with Gasteiger partial charge in [-0.25, -0.2) is 0 Å². The molecule has 1 atom stereocenters. The lowest BCUT2D eigenvalue weighted by atomic mass is 10.6. The molecule has 0 radical (unpaired) electrons. The Labute approximate surface area is 56.8 Å². The van der Waals surface area contributed by atoms with Crippen molar-refractivity contribution in [2.75, 3.05) is 6.26 Å². The van der Waals surface area contributed by atoms with Crippen LogP contribution in [0.4, 0.5) is 0 Å². The van der Waals surface area contributed by atoms with Crippen molar-refractivity contribution in [3.05, 3.63) is 0 Å². The second kappa shape index (κ2) is 5.62. The Morgan fingerprint density at radius 1 is 1.75 bits per heavy atom. The molecule has 2 N–H and O–H groups in total. The third-order valence-electron chi connectivity index (χ3n) is 0.793. The molecule has 4 heteroatoms. The highest BCUT2D eigenvalue weighted by atomic mass is 32.2. The maximum Gasteiger partial charge on any atom is 0.265 e. The SMILES string of the molecule is CCC[SiH](N)OSC. The van der Waals surface area contributed by atoms with E-state index in [0.29, 0.717) is 0 Å². The van der Waals surface area contributed by atoms with Crippen LogP contribution in [0, 0.1) is 0 Å². The fraction of sp³-hybridized carbons (Fsp3) is 1.00. The number of hydrogen-bond donors (Lipinski definition) is 1. The van der Waals surface area contributed by atoms with E-state index in [1.807, 2.05) is 6.26 Å². The number of hydrogen-bond acceptors (Lipinski definition) is 3. The highest BCUT2D eigenvalue weighted by Crippen LogP contribution is 2.00. The minimum absolute atomic E-state index is 1.08. The Morgan fingerprint density at radius 2 is 2.38 bits per heavy atom. The number of rotatable bonds is 4. The van der Waals surface area contributed by atoms with Crippen LogP contribution < -0.4 is 5.40 Å². The van der Waals surface area contributed by atoms with Crippen molar-refractivity contribution in [2.24, 2.45) is 5.40 Å². The average molecular weight is 151 g/mol. The van der Waals surface area contributed by atoms with Crippen LogP contribution in [0.1, 0.15) is 13.3 Å². The monoisotopic (exact) mass is 151 g/mol. The highest BCUT2D eigenvalue weighted by Gasteiger charge is 2.01. The Morgan fingerprint density at radius 3 is 2.75 bits per heavy atom. The van der Waals surface area contributed by atoms with Gasteiger partial charge in [0.15, 0.2) is 0 Å². The zero-order chi connectivity index (χ0) is 6.41. The molecular formula is C4H13NOSSi. The van der Waals surface area contributed by atoms with Gasteiger partial charge in [0.2, 0.25) is 0 Å². The van der Waals surface area contributed by atoms with Gasteiger partial charge in [-0.05, 0) is 18.1 Å². The topological polar surface area (TPSA) is 35.2 Å². The maximum atomic E-state index is 5.59. The van der Waals surface area contributed by atoms with Gasteiger partial charge < -0.3 is 9.27 Å². The fourth-order valence-electron chi connectivity index (χ4n) is 0.456. The summed E-state index contributed by atoms with van der Waals surface area (Å²) in [6.07, 6.45) is 3.05. The lowest BCUT2D eigenvalue weighted by Gasteiger charge is -2.03. The zero-order valence-electron chi connectivity index (χ0n) is 5.39. The quantitative estimate of drug-likeness (QED) is 0.478. The van der Waals surface area contributed by atoms with Crippen molar-refractivity contribution in [3.63, 3.8) is 0 Å². The first-order valence-electron chi connectivity index (χ1n) is 2.76. The smallest absolute Gasteiger partial charge is 0.265 e. The summed E-state index contributed by atoms with van der Waals surface area (Å²) in [6.45, 7) is 2.12. The minimum Gasteiger partial charge on any atom is -0.342 e. The summed E-state index contributed by atoms with van der Waals surface area (Å²) in [5.41, 5.74) is 0. The predicted molar refractivity (Wildman–Crippen MR) is 41.0 cm³/mol. The van der Waals surface area contributed by atoms with Gasteiger partial charge in [-0.1, -0.05) is 13.3 Å². The Bertz CT molecular complexity index is 49.3. The van der Waals surface area contributed by atoms with E-state index in [9.17, 15) is 0 Å². The van der Waals surface area contributed by atoms with Crippen molar-refractivity contribution < 1.29 is 3.87 Å². The van der Waals surface area contributed by atoms with Gasteiger partial charge in [0.1, 0.15) is 0 Å². The standard InChI is InChI=1S/C4H13NOSSi/c1-3-4-8(5)6-7-2/h8H,3-5H2,1-2H3. The summed E-state index contributed by atoms with van der Waals surface area (Å²) in [4.78, 5) is 0. The molecule has 0 saturated heterocycles. The van der Waals surface area contributed by atoms with E-state index in [0.717, 1.165) is 12.5 Å². The Kier molecular flexibility index (Phi) is 5.96. The molecule has 50 valence electrons. The van der Waals surface area contributed by atoms with Gasteiger partial charge in [-0.3, -0.25) is 0 Å². The molecular weight excluding hydrogens is 138 g/mol. The van der Waals surface area contributed by atoms with Crippen molar-refractivity contribution >= 4 is 21.2 Å². The van der Waals surface area contributed by atoms with Crippen LogP contribution in [0.3, 0.4) is 0 Å². The molecule has 8 heavy (non-hydrogen) atoms. The van der Waals surface area contributed by atoms with E-state index in [-0.39, 0.29) is 0 Å². The molecule has 0 amide bonds. The molecule has 1 unspecified atom stereocenters. The van der Waals surface area contributed by atoms with Crippen molar-refractivity contribution in [1.29, 1.82) is 0 Å². The van der Waals surface area contributed by atoms with E-state index in [4.69, 9.17) is 9.27 Å². The summed E-state index contributed by atoms with van der Waals surface area (Å²) >= 11 is 1.39. The van der Waals surface area contributed by atoms with E-state index in [1.54, 1.807) is 0 Å². The zero-order valence-corrected chi connectivity index (χ0v) is 7.36. The first kappa shape index (κ1) is 8.49. The first-order chi connectivity index (χ1) is 3.81. The van der Waals surface area contributed by atoms with E-state index in [1.165, 1.54) is 12.0 Å². The molecule has 0 aromatic rings. The van der Waals surface area contributed by atoms with Gasteiger partial charge in [0, 0.05) is 6.26 Å². The van der Waals surface area contributed by atoms with Crippen LogP contribution in [-0.2, 0) is 3.87 Å². The Balaban J connectivity index is 2.92. The molecule has 0 aromatic heterocycles. The van der Waals surface area contributed by atoms with Gasteiger partial charge >= 0.3 is 0 Å². The maximum absolute atomic E-state index is 5.59. The molecule has 0 aliphatic carbocycles. The fourth-order valence-corrected chi connectivity index (χ4v) is 2.40. The highest BCUT2D eigenvalue weighted by molar-refractivity contribution is 7.94. The largest absolute Gasteiger partial charge is 0.342 e. The van der Waals surface area contributed by atoms with E-state index < -0.39 is 9.20 Å². The van der Waals surface area contributed by atoms with Crippen LogP contribution in [0.5, 0.6) is 0 Å². The molecule has 2 nitrogen and oxygen atoms in total. The summed E-state index contributed by atoms with van der Waals surface area (Å²) in [5.74, 6) is 0. The molecule has 0 spiro atoms. The van der Waals surface area contributed by atoms with Crippen LogP contribution in [0.15, 0.2) is 0 Å². The van der Waals surface area contributed by atoms with Gasteiger partial charge in [-0.2, -0.15) is 0 Å². The third kappa shape index (κ3) is 4.64. The minimum atomic E-state index is -1.24. The predicted octanol–water partition coefficient (Wildman–Crippen LogP) is 0.870. The second-order valence-corrected chi connectivity index (χ2v) is 4.35.